The molecular weight excluding hydrogens is 377 g/mol. The van der Waals surface area contributed by atoms with Crippen molar-refractivity contribution in [2.75, 3.05) is 19.5 Å². The minimum absolute atomic E-state index is 0.101. The predicted molar refractivity (Wildman–Crippen MR) is 100 cm³/mol. The highest BCUT2D eigenvalue weighted by atomic mass is 35.5. The summed E-state index contributed by atoms with van der Waals surface area (Å²) in [4.78, 5) is 24.4. The molecule has 2 aromatic carbocycles. The van der Waals surface area contributed by atoms with Crippen LogP contribution in [0.2, 0.25) is 10.0 Å². The normalized spacial score (nSPS) is 18.5. The summed E-state index contributed by atoms with van der Waals surface area (Å²) in [5.41, 5.74) is 7.55. The number of ketones is 1. The summed E-state index contributed by atoms with van der Waals surface area (Å²) in [5, 5.41) is 0.234. The number of Topliss-reactive ketones (excluding diaryl/α,β-unsaturated/α-hetero) is 1. The molecule has 0 saturated carbocycles. The van der Waals surface area contributed by atoms with Crippen LogP contribution in [0.4, 0.5) is 5.69 Å². The smallest absolute Gasteiger partial charge is 0.343 e. The van der Waals surface area contributed by atoms with Crippen LogP contribution in [0, 0.1) is 0 Å². The first-order valence-corrected chi connectivity index (χ1v) is 8.65. The van der Waals surface area contributed by atoms with Gasteiger partial charge in [0.05, 0.1) is 17.5 Å². The molecule has 7 heteroatoms. The van der Waals surface area contributed by atoms with Crippen molar-refractivity contribution in [2.24, 2.45) is 0 Å². The molecule has 0 heterocycles. The Bertz CT molecular complexity index is 895. The molecule has 26 heavy (non-hydrogen) atoms. The molecule has 1 atom stereocenters. The van der Waals surface area contributed by atoms with E-state index in [-0.39, 0.29) is 28.2 Å². The molecule has 1 aliphatic carbocycles. The fraction of sp³-hybridized carbons (Fsp3) is 0.263. The highest BCUT2D eigenvalue weighted by Crippen LogP contribution is 2.47. The number of anilines is 1. The van der Waals surface area contributed by atoms with Gasteiger partial charge in [0.15, 0.2) is 12.4 Å². The number of halogens is 2. The predicted octanol–water partition coefficient (Wildman–Crippen LogP) is 3.82. The van der Waals surface area contributed by atoms with Crippen LogP contribution < -0.4 is 10.5 Å². The van der Waals surface area contributed by atoms with E-state index in [1.54, 1.807) is 18.2 Å². The Labute approximate surface area is 161 Å². The van der Waals surface area contributed by atoms with Crippen molar-refractivity contribution in [1.82, 2.24) is 0 Å². The Morgan fingerprint density at radius 2 is 1.88 bits per heavy atom. The number of carbonyl (C=O) groups excluding carboxylic acids is 2. The van der Waals surface area contributed by atoms with Crippen LogP contribution >= 0.6 is 23.2 Å². The van der Waals surface area contributed by atoms with Gasteiger partial charge < -0.3 is 15.2 Å². The number of methoxy groups -OCH3 is 1. The van der Waals surface area contributed by atoms with Crippen LogP contribution in [0.25, 0.3) is 0 Å². The number of benzene rings is 2. The van der Waals surface area contributed by atoms with Gasteiger partial charge in [-0.3, -0.25) is 4.79 Å². The number of ether oxygens (including phenoxy) is 2. The van der Waals surface area contributed by atoms with Crippen LogP contribution in [0.1, 0.15) is 28.4 Å². The largest absolute Gasteiger partial charge is 0.480 e. The second-order valence-electron chi connectivity index (χ2n) is 6.36. The minimum atomic E-state index is -0.774. The van der Waals surface area contributed by atoms with E-state index in [9.17, 15) is 9.59 Å². The molecule has 0 aliphatic heterocycles. The third-order valence-electron chi connectivity index (χ3n) is 4.65. The third kappa shape index (κ3) is 3.02. The zero-order valence-corrected chi connectivity index (χ0v) is 15.8. The molecule has 0 radical (unpaired) electrons. The first-order valence-electron chi connectivity index (χ1n) is 7.89. The van der Waals surface area contributed by atoms with Gasteiger partial charge in [-0.1, -0.05) is 35.3 Å². The lowest BCUT2D eigenvalue weighted by molar-refractivity contribution is -0.142. The van der Waals surface area contributed by atoms with Crippen molar-refractivity contribution in [2.45, 2.75) is 18.8 Å². The van der Waals surface area contributed by atoms with Crippen molar-refractivity contribution in [3.8, 4) is 5.75 Å². The SMILES string of the molecule is COC(=O)COc1cc2c(c(Cl)c1Cl)C(=O)C(C)(c1ccc(N)cc1)C2. The summed E-state index contributed by atoms with van der Waals surface area (Å²) >= 11 is 12.6. The van der Waals surface area contributed by atoms with E-state index in [0.29, 0.717) is 17.7 Å². The first-order chi connectivity index (χ1) is 12.3. The zero-order chi connectivity index (χ0) is 19.1. The molecular formula is C19H17Cl2NO4. The van der Waals surface area contributed by atoms with E-state index >= 15 is 0 Å². The molecule has 0 bridgehead atoms. The molecule has 5 nitrogen and oxygen atoms in total. The molecule has 2 aromatic rings. The first kappa shape index (κ1) is 18.5. The number of nitrogens with two attached hydrogens (primary N) is 1. The van der Waals surface area contributed by atoms with Gasteiger partial charge in [-0.05, 0) is 42.7 Å². The Balaban J connectivity index is 2.00. The Morgan fingerprint density at radius 3 is 2.50 bits per heavy atom. The third-order valence-corrected chi connectivity index (χ3v) is 5.50. The van der Waals surface area contributed by atoms with Crippen LogP contribution in [-0.4, -0.2) is 25.5 Å². The number of rotatable bonds is 4. The number of fused-ring (bicyclic) bond motifs is 1. The van der Waals surface area contributed by atoms with Crippen molar-refractivity contribution in [1.29, 1.82) is 0 Å². The fourth-order valence-electron chi connectivity index (χ4n) is 3.16. The van der Waals surface area contributed by atoms with E-state index in [1.807, 2.05) is 19.1 Å². The molecule has 1 aliphatic rings. The maximum atomic E-state index is 13.1. The zero-order valence-electron chi connectivity index (χ0n) is 14.3. The van der Waals surface area contributed by atoms with Gasteiger partial charge in [-0.25, -0.2) is 4.79 Å². The Morgan fingerprint density at radius 1 is 1.23 bits per heavy atom. The van der Waals surface area contributed by atoms with Gasteiger partial charge in [0.25, 0.3) is 0 Å². The monoisotopic (exact) mass is 393 g/mol. The minimum Gasteiger partial charge on any atom is -0.480 e. The molecule has 136 valence electrons. The van der Waals surface area contributed by atoms with E-state index in [2.05, 4.69) is 4.74 Å². The summed E-state index contributed by atoms with van der Waals surface area (Å²) < 4.78 is 9.95. The summed E-state index contributed by atoms with van der Waals surface area (Å²) in [6.45, 7) is 1.56. The number of hydrogen-bond acceptors (Lipinski definition) is 5. The van der Waals surface area contributed by atoms with Gasteiger partial charge in [0, 0.05) is 11.3 Å². The molecule has 0 saturated heterocycles. The number of nitrogen functional groups attached to an aromatic ring is 1. The van der Waals surface area contributed by atoms with Crippen molar-refractivity contribution in [3.63, 3.8) is 0 Å². The number of esters is 1. The van der Waals surface area contributed by atoms with Crippen LogP contribution in [0.3, 0.4) is 0 Å². The number of hydrogen-bond donors (Lipinski definition) is 1. The van der Waals surface area contributed by atoms with Gasteiger partial charge in [0.2, 0.25) is 0 Å². The van der Waals surface area contributed by atoms with Gasteiger partial charge in [0.1, 0.15) is 10.8 Å². The quantitative estimate of drug-likeness (QED) is 0.630. The molecule has 0 fully saturated rings. The average Bonchev–Trinajstić information content (AvgIpc) is 2.88. The lowest BCUT2D eigenvalue weighted by Crippen LogP contribution is -2.29. The van der Waals surface area contributed by atoms with Crippen molar-refractivity contribution < 1.29 is 19.1 Å². The second kappa shape index (κ2) is 6.82. The van der Waals surface area contributed by atoms with Crippen molar-refractivity contribution in [3.05, 3.63) is 57.1 Å². The molecule has 3 rings (SSSR count). The molecule has 1 unspecified atom stereocenters. The maximum Gasteiger partial charge on any atom is 0.343 e. The topological polar surface area (TPSA) is 78.6 Å². The second-order valence-corrected chi connectivity index (χ2v) is 7.12. The van der Waals surface area contributed by atoms with Crippen molar-refractivity contribution >= 4 is 40.6 Å². The maximum absolute atomic E-state index is 13.1. The summed E-state index contributed by atoms with van der Waals surface area (Å²) in [7, 11) is 1.26. The van der Waals surface area contributed by atoms with Gasteiger partial charge in [-0.15, -0.1) is 0 Å². The molecule has 0 spiro atoms. The van der Waals surface area contributed by atoms with E-state index in [4.69, 9.17) is 33.7 Å². The highest BCUT2D eigenvalue weighted by Gasteiger charge is 2.45. The summed E-state index contributed by atoms with van der Waals surface area (Å²) in [5.74, 6) is -0.403. The standard InChI is InChI=1S/C19H17Cl2NO4/c1-19(11-3-5-12(22)6-4-11)8-10-7-13(26-9-14(23)25-2)16(20)17(21)15(10)18(19)24/h3-7H,8-9,22H2,1-2H3. The average molecular weight is 394 g/mol. The Hall–Kier alpha value is -2.24. The van der Waals surface area contributed by atoms with Gasteiger partial charge >= 0.3 is 5.97 Å². The summed E-state index contributed by atoms with van der Waals surface area (Å²) in [6, 6.07) is 8.85. The molecule has 0 aromatic heterocycles. The van der Waals surface area contributed by atoms with Crippen LogP contribution in [-0.2, 0) is 21.4 Å². The van der Waals surface area contributed by atoms with E-state index in [0.717, 1.165) is 11.1 Å². The van der Waals surface area contributed by atoms with Crippen LogP contribution in [0.15, 0.2) is 30.3 Å². The van der Waals surface area contributed by atoms with Crippen LogP contribution in [0.5, 0.6) is 5.75 Å². The number of carbonyl (C=O) groups is 2. The Kier molecular flexibility index (Phi) is 4.86. The van der Waals surface area contributed by atoms with E-state index in [1.165, 1.54) is 7.11 Å². The highest BCUT2D eigenvalue weighted by molar-refractivity contribution is 6.45. The lowest BCUT2D eigenvalue weighted by Gasteiger charge is -2.22. The molecule has 2 N–H and O–H groups in total. The summed E-state index contributed by atoms with van der Waals surface area (Å²) in [6.07, 6.45) is 0.441. The lowest BCUT2D eigenvalue weighted by atomic mass is 9.79. The molecule has 0 amide bonds. The van der Waals surface area contributed by atoms with Gasteiger partial charge in [-0.2, -0.15) is 0 Å². The van der Waals surface area contributed by atoms with E-state index < -0.39 is 11.4 Å². The fourth-order valence-corrected chi connectivity index (χ4v) is 3.66.